The van der Waals surface area contributed by atoms with E-state index in [1.54, 1.807) is 0 Å². The molecule has 3 rings (SSSR count). The van der Waals surface area contributed by atoms with Crippen LogP contribution < -0.4 is 5.32 Å². The van der Waals surface area contributed by atoms with E-state index < -0.39 is 0 Å². The van der Waals surface area contributed by atoms with Crippen LogP contribution in [0.1, 0.15) is 37.3 Å². The van der Waals surface area contributed by atoms with Crippen LogP contribution in [-0.4, -0.2) is 9.55 Å². The number of nitrogens with one attached hydrogen (secondary N) is 1. The first-order chi connectivity index (χ1) is 8.83. The lowest BCUT2D eigenvalue weighted by atomic mass is 10.2. The fraction of sp³-hybridized carbons (Fsp3) is 0.400. The van der Waals surface area contributed by atoms with Gasteiger partial charge in [-0.1, -0.05) is 30.5 Å². The molecule has 18 heavy (non-hydrogen) atoms. The highest BCUT2D eigenvalue weighted by molar-refractivity contribution is 5.54. The van der Waals surface area contributed by atoms with Crippen molar-refractivity contribution in [2.24, 2.45) is 0 Å². The largest absolute Gasteiger partial charge is 0.326 e. The maximum atomic E-state index is 4.43. The lowest BCUT2D eigenvalue weighted by Crippen LogP contribution is -2.07. The molecule has 0 bridgehead atoms. The summed E-state index contributed by atoms with van der Waals surface area (Å²) in [6, 6.07) is 9.06. The highest BCUT2D eigenvalue weighted by Crippen LogP contribution is 2.32. The molecule has 3 nitrogen and oxygen atoms in total. The van der Waals surface area contributed by atoms with E-state index in [4.69, 9.17) is 0 Å². The molecule has 0 amide bonds. The Labute approximate surface area is 108 Å². The van der Waals surface area contributed by atoms with E-state index in [1.165, 1.54) is 31.2 Å². The number of benzene rings is 1. The van der Waals surface area contributed by atoms with Gasteiger partial charge in [0.05, 0.1) is 0 Å². The first kappa shape index (κ1) is 11.3. The topological polar surface area (TPSA) is 29.9 Å². The van der Waals surface area contributed by atoms with Gasteiger partial charge in [0.1, 0.15) is 0 Å². The minimum absolute atomic E-state index is 0.625. The molecule has 94 valence electrons. The van der Waals surface area contributed by atoms with Gasteiger partial charge in [-0.2, -0.15) is 0 Å². The number of rotatable bonds is 3. The number of imidazole rings is 1. The number of hydrogen-bond acceptors (Lipinski definition) is 2. The van der Waals surface area contributed by atoms with Crippen molar-refractivity contribution in [1.29, 1.82) is 0 Å². The molecule has 1 aromatic heterocycles. The summed E-state index contributed by atoms with van der Waals surface area (Å²) in [7, 11) is 0. The Morgan fingerprint density at radius 1 is 1.17 bits per heavy atom. The van der Waals surface area contributed by atoms with Crippen LogP contribution in [0.5, 0.6) is 0 Å². The predicted octanol–water partition coefficient (Wildman–Crippen LogP) is 4.05. The van der Waals surface area contributed by atoms with Gasteiger partial charge >= 0.3 is 0 Å². The van der Waals surface area contributed by atoms with Crippen molar-refractivity contribution in [2.45, 2.75) is 38.6 Å². The quantitative estimate of drug-likeness (QED) is 0.878. The highest BCUT2D eigenvalue weighted by Gasteiger charge is 2.19. The Bertz CT molecular complexity index is 507. The van der Waals surface area contributed by atoms with Crippen molar-refractivity contribution >= 4 is 11.6 Å². The van der Waals surface area contributed by atoms with Gasteiger partial charge in [-0.05, 0) is 31.9 Å². The fourth-order valence-electron chi connectivity index (χ4n) is 2.65. The fourth-order valence-corrected chi connectivity index (χ4v) is 2.65. The first-order valence-electron chi connectivity index (χ1n) is 6.69. The van der Waals surface area contributed by atoms with E-state index in [-0.39, 0.29) is 0 Å². The summed E-state index contributed by atoms with van der Waals surface area (Å²) in [6.07, 6.45) is 9.21. The molecule has 0 unspecified atom stereocenters. The lowest BCUT2D eigenvalue weighted by molar-refractivity contribution is 0.525. The van der Waals surface area contributed by atoms with Crippen molar-refractivity contribution in [1.82, 2.24) is 9.55 Å². The Kier molecular flexibility index (Phi) is 3.05. The van der Waals surface area contributed by atoms with Crippen LogP contribution in [-0.2, 0) is 0 Å². The van der Waals surface area contributed by atoms with Crippen molar-refractivity contribution < 1.29 is 0 Å². The summed E-state index contributed by atoms with van der Waals surface area (Å²) >= 11 is 0. The standard InChI is InChI=1S/C15H19N3/c1-12-6-8-13(9-7-12)17-15-16-10-11-18(15)14-4-2-3-5-14/h6-11,14H,2-5H2,1H3,(H,16,17). The van der Waals surface area contributed by atoms with Crippen LogP contribution in [0, 0.1) is 6.92 Å². The molecule has 0 radical (unpaired) electrons. The Morgan fingerprint density at radius 3 is 2.61 bits per heavy atom. The molecular weight excluding hydrogens is 222 g/mol. The van der Waals surface area contributed by atoms with Crippen molar-refractivity contribution in [3.05, 3.63) is 42.2 Å². The van der Waals surface area contributed by atoms with E-state index >= 15 is 0 Å². The molecule has 1 aliphatic carbocycles. The number of aromatic nitrogens is 2. The summed E-state index contributed by atoms with van der Waals surface area (Å²) in [5.41, 5.74) is 2.38. The summed E-state index contributed by atoms with van der Waals surface area (Å²) in [5.74, 6) is 0.964. The molecule has 0 atom stereocenters. The summed E-state index contributed by atoms with van der Waals surface area (Å²) < 4.78 is 2.28. The van der Waals surface area contributed by atoms with E-state index in [1.807, 2.05) is 6.20 Å². The van der Waals surface area contributed by atoms with Crippen LogP contribution in [0.15, 0.2) is 36.7 Å². The van der Waals surface area contributed by atoms with E-state index in [0.29, 0.717) is 6.04 Å². The molecule has 1 aliphatic rings. The zero-order valence-corrected chi connectivity index (χ0v) is 10.8. The number of aryl methyl sites for hydroxylation is 1. The molecule has 1 N–H and O–H groups in total. The zero-order valence-electron chi connectivity index (χ0n) is 10.8. The Morgan fingerprint density at radius 2 is 1.89 bits per heavy atom. The predicted molar refractivity (Wildman–Crippen MR) is 74.2 cm³/mol. The average Bonchev–Trinajstić information content (AvgIpc) is 3.02. The maximum absolute atomic E-state index is 4.43. The number of hydrogen-bond donors (Lipinski definition) is 1. The van der Waals surface area contributed by atoms with Gasteiger partial charge in [0.2, 0.25) is 5.95 Å². The van der Waals surface area contributed by atoms with E-state index in [2.05, 4.69) is 52.3 Å². The number of nitrogens with zero attached hydrogens (tertiary/aromatic N) is 2. The van der Waals surface area contributed by atoms with Crippen LogP contribution >= 0.6 is 0 Å². The third-order valence-corrected chi connectivity index (χ3v) is 3.69. The molecule has 0 aliphatic heterocycles. The van der Waals surface area contributed by atoms with Gasteiger partial charge < -0.3 is 9.88 Å². The van der Waals surface area contributed by atoms with Crippen molar-refractivity contribution in [3.8, 4) is 0 Å². The molecule has 1 saturated carbocycles. The third kappa shape index (κ3) is 2.26. The third-order valence-electron chi connectivity index (χ3n) is 3.69. The van der Waals surface area contributed by atoms with Crippen molar-refractivity contribution in [3.63, 3.8) is 0 Å². The normalized spacial score (nSPS) is 16.1. The lowest BCUT2D eigenvalue weighted by Gasteiger charge is -2.15. The molecule has 1 heterocycles. The molecule has 1 fully saturated rings. The van der Waals surface area contributed by atoms with Crippen LogP contribution in [0.2, 0.25) is 0 Å². The molecule has 3 heteroatoms. The highest BCUT2D eigenvalue weighted by atomic mass is 15.2. The smallest absolute Gasteiger partial charge is 0.207 e. The second-order valence-electron chi connectivity index (χ2n) is 5.09. The number of anilines is 2. The second kappa shape index (κ2) is 4.84. The van der Waals surface area contributed by atoms with Crippen LogP contribution in [0.25, 0.3) is 0 Å². The minimum Gasteiger partial charge on any atom is -0.326 e. The van der Waals surface area contributed by atoms with Gasteiger partial charge in [-0.25, -0.2) is 4.98 Å². The SMILES string of the molecule is Cc1ccc(Nc2nccn2C2CCCC2)cc1. The second-order valence-corrected chi connectivity index (χ2v) is 5.09. The summed E-state index contributed by atoms with van der Waals surface area (Å²) in [5, 5.41) is 3.41. The van der Waals surface area contributed by atoms with Crippen molar-refractivity contribution in [2.75, 3.05) is 5.32 Å². The molecular formula is C15H19N3. The van der Waals surface area contributed by atoms with E-state index in [0.717, 1.165) is 11.6 Å². The average molecular weight is 241 g/mol. The zero-order chi connectivity index (χ0) is 12.4. The van der Waals surface area contributed by atoms with Crippen LogP contribution in [0.3, 0.4) is 0 Å². The monoisotopic (exact) mass is 241 g/mol. The molecule has 0 spiro atoms. The minimum atomic E-state index is 0.625. The summed E-state index contributed by atoms with van der Waals surface area (Å²) in [6.45, 7) is 2.10. The Hall–Kier alpha value is -1.77. The molecule has 2 aromatic rings. The van der Waals surface area contributed by atoms with Gasteiger partial charge in [0.15, 0.2) is 0 Å². The first-order valence-corrected chi connectivity index (χ1v) is 6.69. The van der Waals surface area contributed by atoms with Crippen LogP contribution in [0.4, 0.5) is 11.6 Å². The summed E-state index contributed by atoms with van der Waals surface area (Å²) in [4.78, 5) is 4.43. The maximum Gasteiger partial charge on any atom is 0.207 e. The van der Waals surface area contributed by atoms with Gasteiger partial charge in [-0.3, -0.25) is 0 Å². The van der Waals surface area contributed by atoms with Gasteiger partial charge in [0, 0.05) is 24.1 Å². The molecule has 1 aromatic carbocycles. The van der Waals surface area contributed by atoms with Gasteiger partial charge in [0.25, 0.3) is 0 Å². The van der Waals surface area contributed by atoms with Gasteiger partial charge in [-0.15, -0.1) is 0 Å². The molecule has 0 saturated heterocycles. The Balaban J connectivity index is 1.80. The van der Waals surface area contributed by atoms with E-state index in [9.17, 15) is 0 Å².